The maximum atomic E-state index is 12.3. The predicted molar refractivity (Wildman–Crippen MR) is 199 cm³/mol. The molecule has 0 aromatic heterocycles. The molecule has 0 spiro atoms. The minimum absolute atomic E-state index is 0. The molecule has 0 aliphatic heterocycles. The Morgan fingerprint density at radius 3 is 0.959 bits per heavy atom. The molecule has 7 nitrogen and oxygen atoms in total. The first kappa shape index (κ1) is 51.0. The van der Waals surface area contributed by atoms with E-state index in [2.05, 4.69) is 13.8 Å². The predicted octanol–water partition coefficient (Wildman–Crippen LogP) is 8.90. The zero-order valence-corrected chi connectivity index (χ0v) is 35.4. The van der Waals surface area contributed by atoms with Crippen LogP contribution in [0.5, 0.6) is 0 Å². The van der Waals surface area contributed by atoms with Gasteiger partial charge in [0.15, 0.2) is 5.25 Å². The van der Waals surface area contributed by atoms with E-state index in [0.29, 0.717) is 12.8 Å². The van der Waals surface area contributed by atoms with Crippen LogP contribution in [0.15, 0.2) is 0 Å². The van der Waals surface area contributed by atoms with Crippen LogP contribution in [0.3, 0.4) is 0 Å². The number of carbonyl (C=O) groups is 2. The topological polar surface area (TPSA) is 110 Å². The maximum Gasteiger partial charge on any atom is 1.00 e. The van der Waals surface area contributed by atoms with Crippen molar-refractivity contribution in [1.82, 2.24) is 0 Å². The Bertz CT molecular complexity index is 821. The van der Waals surface area contributed by atoms with Crippen LogP contribution < -0.4 is 29.6 Å². The maximum absolute atomic E-state index is 12.3. The molecule has 1 unspecified atom stereocenters. The Kier molecular flexibility index (Phi) is 40.6. The van der Waals surface area contributed by atoms with E-state index in [4.69, 9.17) is 9.47 Å². The van der Waals surface area contributed by atoms with Gasteiger partial charge >= 0.3 is 41.5 Å². The van der Waals surface area contributed by atoms with Gasteiger partial charge in [-0.3, -0.25) is 9.59 Å². The summed E-state index contributed by atoms with van der Waals surface area (Å²) in [7, 11) is -5.02. The average Bonchev–Trinajstić information content (AvgIpc) is 3.05. The van der Waals surface area contributed by atoms with Gasteiger partial charge in [0.25, 0.3) is 0 Å². The molecule has 0 aliphatic rings. The summed E-state index contributed by atoms with van der Waals surface area (Å²) in [4.78, 5) is 24.5. The van der Waals surface area contributed by atoms with Crippen LogP contribution in [-0.2, 0) is 29.2 Å². The van der Waals surface area contributed by atoms with Gasteiger partial charge in [-0.2, -0.15) is 0 Å². The fourth-order valence-electron chi connectivity index (χ4n) is 6.27. The van der Waals surface area contributed by atoms with Crippen LogP contribution in [0.4, 0.5) is 0 Å². The van der Waals surface area contributed by atoms with Crippen molar-refractivity contribution in [3.05, 3.63) is 0 Å². The van der Waals surface area contributed by atoms with Crippen LogP contribution in [0.25, 0.3) is 0 Å². The fourth-order valence-corrected chi connectivity index (χ4v) is 6.91. The van der Waals surface area contributed by atoms with E-state index in [1.807, 2.05) is 0 Å². The molecule has 286 valence electrons. The number of rotatable bonds is 38. The molecule has 0 radical (unpaired) electrons. The Hall–Kier alpha value is -0.150. The molecule has 0 aromatic rings. The minimum atomic E-state index is -5.02. The summed E-state index contributed by atoms with van der Waals surface area (Å²) in [5.74, 6) is -2.00. The van der Waals surface area contributed by atoms with Gasteiger partial charge in [0.2, 0.25) is 0 Å². The van der Waals surface area contributed by atoms with Gasteiger partial charge < -0.3 is 14.0 Å². The van der Waals surface area contributed by atoms with Crippen LogP contribution in [0.2, 0.25) is 0 Å². The second-order valence-electron chi connectivity index (χ2n) is 14.2. The van der Waals surface area contributed by atoms with E-state index >= 15 is 0 Å². The molecule has 0 rings (SSSR count). The second kappa shape index (κ2) is 39.1. The molecule has 0 saturated heterocycles. The monoisotopic (exact) mass is 725 g/mol. The molecule has 0 bridgehead atoms. The summed E-state index contributed by atoms with van der Waals surface area (Å²) in [6.07, 6.45) is 38.8. The summed E-state index contributed by atoms with van der Waals surface area (Å²) < 4.78 is 45.2. The summed E-state index contributed by atoms with van der Waals surface area (Å²) in [6.45, 7) is 4.73. The molecule has 0 saturated carbocycles. The van der Waals surface area contributed by atoms with Crippen molar-refractivity contribution >= 4 is 22.1 Å². The van der Waals surface area contributed by atoms with Crippen molar-refractivity contribution in [2.24, 2.45) is 0 Å². The smallest absolute Gasteiger partial charge is 0.747 e. The fraction of sp³-hybridized carbons (Fsp3) is 0.950. The first-order chi connectivity index (χ1) is 23.3. The normalized spacial score (nSPS) is 12.1. The number of carbonyl (C=O) groups excluding carboxylic acids is 2. The van der Waals surface area contributed by atoms with E-state index in [-0.39, 0.29) is 42.8 Å². The quantitative estimate of drug-likeness (QED) is 0.0271. The summed E-state index contributed by atoms with van der Waals surface area (Å²) >= 11 is 0. The van der Waals surface area contributed by atoms with Gasteiger partial charge in [0, 0.05) is 0 Å². The van der Waals surface area contributed by atoms with Gasteiger partial charge in [-0.25, -0.2) is 8.42 Å². The van der Waals surface area contributed by atoms with Crippen molar-refractivity contribution in [1.29, 1.82) is 0 Å². The van der Waals surface area contributed by atoms with Gasteiger partial charge in [-0.1, -0.05) is 206 Å². The zero-order valence-electron chi connectivity index (χ0n) is 32.6. The Morgan fingerprint density at radius 2 is 0.694 bits per heavy atom. The number of hydrogen-bond donors (Lipinski definition) is 0. The van der Waals surface area contributed by atoms with Gasteiger partial charge in [0.05, 0.1) is 19.6 Å². The molecule has 0 N–H and O–H groups in total. The van der Waals surface area contributed by atoms with Crippen LogP contribution in [-0.4, -0.2) is 43.4 Å². The molecular formula is C40H77NaO7S. The molecule has 0 amide bonds. The molecule has 1 atom stereocenters. The Labute approximate surface area is 326 Å². The average molecular weight is 725 g/mol. The zero-order chi connectivity index (χ0) is 35.4. The van der Waals surface area contributed by atoms with Crippen molar-refractivity contribution in [3.63, 3.8) is 0 Å². The van der Waals surface area contributed by atoms with Crippen molar-refractivity contribution < 1.29 is 61.6 Å². The van der Waals surface area contributed by atoms with Crippen LogP contribution in [0.1, 0.15) is 226 Å². The number of unbranched alkanes of at least 4 members (excludes halogenated alkanes) is 30. The number of hydrogen-bond acceptors (Lipinski definition) is 7. The molecule has 9 heteroatoms. The summed E-state index contributed by atoms with van der Waals surface area (Å²) in [5, 5.41) is -2.04. The van der Waals surface area contributed by atoms with Gasteiger partial charge in [-0.15, -0.1) is 0 Å². The third kappa shape index (κ3) is 37.4. The Morgan fingerprint density at radius 1 is 0.449 bits per heavy atom. The molecular weight excluding hydrogens is 647 g/mol. The van der Waals surface area contributed by atoms with Gasteiger partial charge in [0.1, 0.15) is 10.1 Å². The van der Waals surface area contributed by atoms with Crippen LogP contribution >= 0.6 is 0 Å². The third-order valence-corrected chi connectivity index (χ3v) is 10.5. The van der Waals surface area contributed by atoms with Crippen molar-refractivity contribution in [2.75, 3.05) is 13.2 Å². The Balaban J connectivity index is 0. The SMILES string of the molecule is CCCCCCCCCCCCCCCCCCOC(=O)CC(C(=O)OCCCCCCCCCCCCCCCCCC)S(=O)(=O)[O-].[Na+]. The van der Waals surface area contributed by atoms with E-state index < -0.39 is 33.7 Å². The molecule has 0 fully saturated rings. The van der Waals surface area contributed by atoms with E-state index in [1.54, 1.807) is 0 Å². The van der Waals surface area contributed by atoms with Crippen LogP contribution in [0, 0.1) is 0 Å². The van der Waals surface area contributed by atoms with E-state index in [9.17, 15) is 22.6 Å². The summed E-state index contributed by atoms with van der Waals surface area (Å²) in [6, 6.07) is 0. The van der Waals surface area contributed by atoms with Crippen molar-refractivity contribution in [2.45, 2.75) is 231 Å². The van der Waals surface area contributed by atoms with Gasteiger partial charge in [-0.05, 0) is 12.8 Å². The minimum Gasteiger partial charge on any atom is -0.747 e. The number of ether oxygens (including phenoxy) is 2. The molecule has 0 aromatic carbocycles. The first-order valence-electron chi connectivity index (χ1n) is 20.6. The third-order valence-electron chi connectivity index (χ3n) is 9.47. The van der Waals surface area contributed by atoms with Crippen molar-refractivity contribution in [3.8, 4) is 0 Å². The molecule has 0 aliphatic carbocycles. The van der Waals surface area contributed by atoms with E-state index in [0.717, 1.165) is 38.5 Å². The van der Waals surface area contributed by atoms with E-state index in [1.165, 1.54) is 154 Å². The first-order valence-corrected chi connectivity index (χ1v) is 22.1. The largest absolute Gasteiger partial charge is 1.00 e. The standard InChI is InChI=1S/C40H78O7S.Na/c1-3-5-7-9-11-13-15-17-19-21-23-25-27-29-31-33-35-46-39(41)37-38(48(43,44)45)40(42)47-36-34-32-30-28-26-24-22-20-18-16-14-12-10-8-6-4-2;/h38H,3-37H2,1-2H3,(H,43,44,45);/q;+1/p-1. The molecule has 0 heterocycles. The second-order valence-corrected chi connectivity index (χ2v) is 15.7. The molecule has 49 heavy (non-hydrogen) atoms. The summed E-state index contributed by atoms with van der Waals surface area (Å²) in [5.41, 5.74) is 0. The number of esters is 2.